The van der Waals surface area contributed by atoms with Crippen LogP contribution in [-0.4, -0.2) is 19.1 Å². The summed E-state index contributed by atoms with van der Waals surface area (Å²) in [6, 6.07) is 14.2. The molecule has 0 saturated carbocycles. The fourth-order valence-electron chi connectivity index (χ4n) is 2.92. The molecule has 2 aromatic carbocycles. The zero-order valence-electron chi connectivity index (χ0n) is 14.9. The molecule has 27 heavy (non-hydrogen) atoms. The third-order valence-corrected chi connectivity index (χ3v) is 4.69. The lowest BCUT2D eigenvalue weighted by Crippen LogP contribution is -2.45. The number of urea groups is 1. The maximum absolute atomic E-state index is 12.3. The minimum Gasteiger partial charge on any atom is -0.489 e. The Morgan fingerprint density at radius 3 is 2.63 bits per heavy atom. The summed E-state index contributed by atoms with van der Waals surface area (Å²) in [7, 11) is 1.31. The highest BCUT2D eigenvalue weighted by Crippen LogP contribution is 2.35. The van der Waals surface area contributed by atoms with E-state index in [2.05, 4.69) is 26.6 Å². The molecular formula is C20H19BrN2O4. The molecule has 0 aromatic heterocycles. The van der Waals surface area contributed by atoms with Crippen LogP contribution in [0.15, 0.2) is 64.3 Å². The van der Waals surface area contributed by atoms with Crippen LogP contribution in [0, 0.1) is 0 Å². The Labute approximate surface area is 165 Å². The lowest BCUT2D eigenvalue weighted by atomic mass is 9.95. The first kappa shape index (κ1) is 19.0. The smallest absolute Gasteiger partial charge is 0.337 e. The maximum atomic E-state index is 12.3. The van der Waals surface area contributed by atoms with Crippen molar-refractivity contribution in [2.45, 2.75) is 19.6 Å². The van der Waals surface area contributed by atoms with E-state index in [4.69, 9.17) is 9.47 Å². The van der Waals surface area contributed by atoms with Crippen LogP contribution in [0.1, 0.15) is 24.1 Å². The SMILES string of the molecule is COC(=O)C1=C(C)NC(=O)NC1c1cc(Br)ccc1OCc1ccccc1. The number of carbonyl (C=O) groups is 2. The quantitative estimate of drug-likeness (QED) is 0.706. The highest BCUT2D eigenvalue weighted by molar-refractivity contribution is 9.10. The molecule has 0 saturated heterocycles. The van der Waals surface area contributed by atoms with Gasteiger partial charge in [-0.15, -0.1) is 0 Å². The molecule has 1 aliphatic heterocycles. The van der Waals surface area contributed by atoms with Gasteiger partial charge in [0.15, 0.2) is 0 Å². The van der Waals surface area contributed by atoms with E-state index in [0.717, 1.165) is 10.0 Å². The van der Waals surface area contributed by atoms with E-state index in [1.807, 2.05) is 42.5 Å². The number of hydrogen-bond acceptors (Lipinski definition) is 4. The van der Waals surface area contributed by atoms with Crippen molar-refractivity contribution >= 4 is 27.9 Å². The molecule has 0 aliphatic carbocycles. The summed E-state index contributed by atoms with van der Waals surface area (Å²) < 4.78 is 11.7. The van der Waals surface area contributed by atoms with E-state index < -0.39 is 12.0 Å². The Morgan fingerprint density at radius 1 is 1.19 bits per heavy atom. The van der Waals surface area contributed by atoms with Crippen LogP contribution in [-0.2, 0) is 16.1 Å². The molecular weight excluding hydrogens is 412 g/mol. The average Bonchev–Trinajstić information content (AvgIpc) is 2.66. The maximum Gasteiger partial charge on any atom is 0.337 e. The molecule has 6 nitrogen and oxygen atoms in total. The van der Waals surface area contributed by atoms with Crippen molar-refractivity contribution in [3.05, 3.63) is 75.4 Å². The summed E-state index contributed by atoms with van der Waals surface area (Å²) in [5.41, 5.74) is 2.46. The molecule has 7 heteroatoms. The molecule has 0 spiro atoms. The van der Waals surface area contributed by atoms with Crippen LogP contribution >= 0.6 is 15.9 Å². The van der Waals surface area contributed by atoms with Crippen molar-refractivity contribution in [2.24, 2.45) is 0 Å². The van der Waals surface area contributed by atoms with Crippen LogP contribution in [0.4, 0.5) is 4.79 Å². The minimum absolute atomic E-state index is 0.333. The molecule has 140 valence electrons. The van der Waals surface area contributed by atoms with Crippen molar-refractivity contribution in [3.63, 3.8) is 0 Å². The first-order valence-electron chi connectivity index (χ1n) is 8.32. The number of rotatable bonds is 5. The Kier molecular flexibility index (Phi) is 5.81. The van der Waals surface area contributed by atoms with Crippen LogP contribution in [0.3, 0.4) is 0 Å². The summed E-state index contributed by atoms with van der Waals surface area (Å²) in [5, 5.41) is 5.40. The summed E-state index contributed by atoms with van der Waals surface area (Å²) in [4.78, 5) is 24.3. The van der Waals surface area contributed by atoms with Crippen LogP contribution in [0.2, 0.25) is 0 Å². The summed E-state index contributed by atoms with van der Waals surface area (Å²) in [5.74, 6) is 0.0578. The van der Waals surface area contributed by atoms with Gasteiger partial charge < -0.3 is 20.1 Å². The molecule has 0 radical (unpaired) electrons. The van der Waals surface area contributed by atoms with Gasteiger partial charge in [0, 0.05) is 15.7 Å². The van der Waals surface area contributed by atoms with E-state index in [9.17, 15) is 9.59 Å². The Bertz CT molecular complexity index is 896. The Balaban J connectivity index is 1.98. The molecule has 3 rings (SSSR count). The number of esters is 1. The van der Waals surface area contributed by atoms with Crippen molar-refractivity contribution in [2.75, 3.05) is 7.11 Å². The van der Waals surface area contributed by atoms with E-state index in [1.165, 1.54) is 7.11 Å². The molecule has 2 N–H and O–H groups in total. The topological polar surface area (TPSA) is 76.7 Å². The fraction of sp³-hybridized carbons (Fsp3) is 0.200. The predicted molar refractivity (Wildman–Crippen MR) is 104 cm³/mol. The van der Waals surface area contributed by atoms with E-state index in [0.29, 0.717) is 29.2 Å². The minimum atomic E-state index is -0.686. The second-order valence-corrected chi connectivity index (χ2v) is 6.93. The molecule has 0 fully saturated rings. The third kappa shape index (κ3) is 4.31. The van der Waals surface area contributed by atoms with Crippen molar-refractivity contribution in [1.29, 1.82) is 0 Å². The van der Waals surface area contributed by atoms with E-state index in [-0.39, 0.29) is 6.03 Å². The van der Waals surface area contributed by atoms with Crippen molar-refractivity contribution in [3.8, 4) is 5.75 Å². The van der Waals surface area contributed by atoms with Gasteiger partial charge in [-0.05, 0) is 30.7 Å². The number of amides is 2. The number of benzene rings is 2. The van der Waals surface area contributed by atoms with Gasteiger partial charge in [-0.2, -0.15) is 0 Å². The van der Waals surface area contributed by atoms with Crippen molar-refractivity contribution < 1.29 is 19.1 Å². The number of allylic oxidation sites excluding steroid dienone is 1. The Hall–Kier alpha value is -2.80. The fourth-order valence-corrected chi connectivity index (χ4v) is 3.30. The van der Waals surface area contributed by atoms with Gasteiger partial charge >= 0.3 is 12.0 Å². The summed E-state index contributed by atoms with van der Waals surface area (Å²) in [6.45, 7) is 2.03. The molecule has 0 bridgehead atoms. The second kappa shape index (κ2) is 8.26. The van der Waals surface area contributed by atoms with Gasteiger partial charge in [0.2, 0.25) is 0 Å². The number of carbonyl (C=O) groups excluding carboxylic acids is 2. The Morgan fingerprint density at radius 2 is 1.93 bits per heavy atom. The zero-order valence-corrected chi connectivity index (χ0v) is 16.5. The lowest BCUT2D eigenvalue weighted by molar-refractivity contribution is -0.136. The van der Waals surface area contributed by atoms with Gasteiger partial charge in [-0.1, -0.05) is 46.3 Å². The largest absolute Gasteiger partial charge is 0.489 e. The second-order valence-electron chi connectivity index (χ2n) is 6.02. The van der Waals surface area contributed by atoms with Crippen LogP contribution in [0.5, 0.6) is 5.75 Å². The third-order valence-electron chi connectivity index (χ3n) is 4.19. The first-order valence-corrected chi connectivity index (χ1v) is 9.11. The highest BCUT2D eigenvalue weighted by atomic mass is 79.9. The highest BCUT2D eigenvalue weighted by Gasteiger charge is 2.33. The zero-order chi connectivity index (χ0) is 19.4. The molecule has 1 aliphatic rings. The average molecular weight is 431 g/mol. The van der Waals surface area contributed by atoms with E-state index in [1.54, 1.807) is 13.0 Å². The summed E-state index contributed by atoms with van der Waals surface area (Å²) in [6.07, 6.45) is 0. The first-order chi connectivity index (χ1) is 13.0. The van der Waals surface area contributed by atoms with E-state index >= 15 is 0 Å². The van der Waals surface area contributed by atoms with Gasteiger partial charge in [0.1, 0.15) is 12.4 Å². The number of halogens is 1. The molecule has 1 atom stereocenters. The number of ether oxygens (including phenoxy) is 2. The molecule has 1 heterocycles. The molecule has 1 unspecified atom stereocenters. The van der Waals surface area contributed by atoms with Crippen molar-refractivity contribution in [1.82, 2.24) is 10.6 Å². The monoisotopic (exact) mass is 430 g/mol. The number of nitrogens with one attached hydrogen (secondary N) is 2. The van der Waals surface area contributed by atoms with Gasteiger partial charge in [-0.3, -0.25) is 0 Å². The van der Waals surface area contributed by atoms with Crippen LogP contribution in [0.25, 0.3) is 0 Å². The standard InChI is InChI=1S/C20H19BrN2O4/c1-12-17(19(24)26-2)18(23-20(25)22-12)15-10-14(21)8-9-16(15)27-11-13-6-4-3-5-7-13/h3-10,18H,11H2,1-2H3,(H2,22,23,25). The van der Waals surface area contributed by atoms with Crippen LogP contribution < -0.4 is 15.4 Å². The lowest BCUT2D eigenvalue weighted by Gasteiger charge is -2.29. The summed E-state index contributed by atoms with van der Waals surface area (Å²) >= 11 is 3.45. The predicted octanol–water partition coefficient (Wildman–Crippen LogP) is 3.83. The normalized spacial score (nSPS) is 16.4. The molecule has 2 aromatic rings. The number of methoxy groups -OCH3 is 1. The van der Waals surface area contributed by atoms with Gasteiger partial charge in [0.25, 0.3) is 0 Å². The molecule has 2 amide bonds. The number of hydrogen-bond donors (Lipinski definition) is 2. The van der Waals surface area contributed by atoms with Gasteiger partial charge in [-0.25, -0.2) is 9.59 Å². The van der Waals surface area contributed by atoms with Gasteiger partial charge in [0.05, 0.1) is 18.7 Å².